The zero-order chi connectivity index (χ0) is 9.10. The molecular formula is C7H12N4OS. The highest BCUT2D eigenvalue weighted by atomic mass is 32.1. The molecule has 6 heteroatoms. The lowest BCUT2D eigenvalue weighted by molar-refractivity contribution is 0.0465. The van der Waals surface area contributed by atoms with Gasteiger partial charge in [-0.15, -0.1) is 0 Å². The van der Waals surface area contributed by atoms with E-state index in [4.69, 9.17) is 10.5 Å². The van der Waals surface area contributed by atoms with Crippen molar-refractivity contribution in [2.75, 3.05) is 31.1 Å². The predicted molar refractivity (Wildman–Crippen MR) is 50.9 cm³/mol. The van der Waals surface area contributed by atoms with Crippen molar-refractivity contribution < 1.29 is 4.74 Å². The van der Waals surface area contributed by atoms with Crippen LogP contribution in [-0.2, 0) is 4.74 Å². The molecule has 0 saturated carbocycles. The molecule has 2 N–H and O–H groups in total. The first kappa shape index (κ1) is 8.86. The molecule has 0 spiro atoms. The van der Waals surface area contributed by atoms with Crippen LogP contribution in [0.25, 0.3) is 0 Å². The quantitative estimate of drug-likeness (QED) is 0.710. The molecule has 5 nitrogen and oxygen atoms in total. The van der Waals surface area contributed by atoms with Crippen LogP contribution in [0.3, 0.4) is 0 Å². The maximum atomic E-state index is 5.53. The van der Waals surface area contributed by atoms with Crippen molar-refractivity contribution in [3.05, 3.63) is 6.33 Å². The Morgan fingerprint density at radius 1 is 1.77 bits per heavy atom. The van der Waals surface area contributed by atoms with Gasteiger partial charge in [-0.3, -0.25) is 0 Å². The molecule has 1 fully saturated rings. The number of aromatic nitrogens is 2. The molecule has 2 heterocycles. The number of morpholine rings is 1. The molecule has 1 unspecified atom stereocenters. The summed E-state index contributed by atoms with van der Waals surface area (Å²) < 4.78 is 9.41. The second kappa shape index (κ2) is 3.99. The van der Waals surface area contributed by atoms with Crippen molar-refractivity contribution >= 4 is 16.7 Å². The lowest BCUT2D eigenvalue weighted by Gasteiger charge is -2.31. The number of hydrogen-bond donors (Lipinski definition) is 1. The Hall–Kier alpha value is -0.720. The molecule has 1 saturated heterocycles. The number of hydrogen-bond acceptors (Lipinski definition) is 6. The Kier molecular flexibility index (Phi) is 2.72. The average molecular weight is 200 g/mol. The molecule has 0 radical (unpaired) electrons. The Morgan fingerprint density at radius 2 is 2.69 bits per heavy atom. The normalized spacial score (nSPS) is 23.5. The van der Waals surface area contributed by atoms with E-state index in [2.05, 4.69) is 14.3 Å². The summed E-state index contributed by atoms with van der Waals surface area (Å²) in [7, 11) is 0. The van der Waals surface area contributed by atoms with Gasteiger partial charge in [-0.1, -0.05) is 0 Å². The number of nitrogens with zero attached hydrogens (tertiary/aromatic N) is 3. The molecule has 1 aliphatic heterocycles. The van der Waals surface area contributed by atoms with Crippen LogP contribution in [0.4, 0.5) is 5.13 Å². The summed E-state index contributed by atoms with van der Waals surface area (Å²) in [6.45, 7) is 2.99. The third-order valence-electron chi connectivity index (χ3n) is 2.02. The molecule has 0 aliphatic carbocycles. The smallest absolute Gasteiger partial charge is 0.205 e. The first-order valence-electron chi connectivity index (χ1n) is 4.23. The van der Waals surface area contributed by atoms with Gasteiger partial charge in [-0.2, -0.15) is 4.37 Å². The van der Waals surface area contributed by atoms with Crippen LogP contribution < -0.4 is 10.6 Å². The van der Waals surface area contributed by atoms with E-state index in [0.29, 0.717) is 6.54 Å². The standard InChI is InChI=1S/C7H12N4OS/c8-3-6-4-11(1-2-12-6)7-9-5-10-13-7/h5-6H,1-4,8H2. The van der Waals surface area contributed by atoms with Crippen LogP contribution in [0, 0.1) is 0 Å². The van der Waals surface area contributed by atoms with Gasteiger partial charge in [-0.05, 0) is 0 Å². The van der Waals surface area contributed by atoms with E-state index in [1.807, 2.05) is 0 Å². The maximum Gasteiger partial charge on any atom is 0.205 e. The summed E-state index contributed by atoms with van der Waals surface area (Å²) in [4.78, 5) is 6.31. The summed E-state index contributed by atoms with van der Waals surface area (Å²) >= 11 is 1.41. The number of ether oxygens (including phenoxy) is 1. The number of nitrogens with two attached hydrogens (primary N) is 1. The number of rotatable bonds is 2. The zero-order valence-corrected chi connectivity index (χ0v) is 8.04. The van der Waals surface area contributed by atoms with Gasteiger partial charge < -0.3 is 15.4 Å². The molecule has 0 amide bonds. The highest BCUT2D eigenvalue weighted by Gasteiger charge is 2.20. The second-order valence-electron chi connectivity index (χ2n) is 2.90. The highest BCUT2D eigenvalue weighted by Crippen LogP contribution is 2.17. The summed E-state index contributed by atoms with van der Waals surface area (Å²) in [5.41, 5.74) is 5.53. The second-order valence-corrected chi connectivity index (χ2v) is 3.66. The molecule has 0 aromatic carbocycles. The monoisotopic (exact) mass is 200 g/mol. The van der Waals surface area contributed by atoms with Gasteiger partial charge >= 0.3 is 0 Å². The molecule has 1 aliphatic rings. The summed E-state index contributed by atoms with van der Waals surface area (Å²) in [6, 6.07) is 0. The highest BCUT2D eigenvalue weighted by molar-refractivity contribution is 7.09. The minimum Gasteiger partial charge on any atom is -0.373 e. The van der Waals surface area contributed by atoms with E-state index in [-0.39, 0.29) is 6.10 Å². The summed E-state index contributed by atoms with van der Waals surface area (Å²) in [6.07, 6.45) is 1.71. The van der Waals surface area contributed by atoms with E-state index in [1.54, 1.807) is 6.33 Å². The van der Waals surface area contributed by atoms with Crippen LogP contribution in [0.15, 0.2) is 6.33 Å². The van der Waals surface area contributed by atoms with E-state index < -0.39 is 0 Å². The summed E-state index contributed by atoms with van der Waals surface area (Å²) in [5, 5.41) is 0.960. The van der Waals surface area contributed by atoms with E-state index >= 15 is 0 Å². The van der Waals surface area contributed by atoms with Crippen LogP contribution in [0.5, 0.6) is 0 Å². The molecule has 0 bridgehead atoms. The third-order valence-corrected chi connectivity index (χ3v) is 2.75. The predicted octanol–water partition coefficient (Wildman–Crippen LogP) is -0.298. The molecule has 1 aromatic rings. The molecule has 13 heavy (non-hydrogen) atoms. The molecule has 72 valence electrons. The van der Waals surface area contributed by atoms with Gasteiger partial charge in [-0.25, -0.2) is 4.98 Å². The van der Waals surface area contributed by atoms with Crippen molar-refractivity contribution in [2.24, 2.45) is 5.73 Å². The fourth-order valence-corrected chi connectivity index (χ4v) is 1.91. The fraction of sp³-hybridized carbons (Fsp3) is 0.714. The Labute approximate surface area is 80.7 Å². The van der Waals surface area contributed by atoms with Crippen molar-refractivity contribution in [3.8, 4) is 0 Å². The summed E-state index contributed by atoms with van der Waals surface area (Å²) in [5.74, 6) is 0. The SMILES string of the molecule is NCC1CN(c2ncns2)CCO1. The van der Waals surface area contributed by atoms with Crippen LogP contribution >= 0.6 is 11.5 Å². The van der Waals surface area contributed by atoms with Gasteiger partial charge in [0.05, 0.1) is 12.7 Å². The van der Waals surface area contributed by atoms with Gasteiger partial charge in [0.2, 0.25) is 5.13 Å². The van der Waals surface area contributed by atoms with Crippen molar-refractivity contribution in [3.63, 3.8) is 0 Å². The fourth-order valence-electron chi connectivity index (χ4n) is 1.34. The van der Waals surface area contributed by atoms with Crippen LogP contribution in [-0.4, -0.2) is 41.7 Å². The van der Waals surface area contributed by atoms with Crippen molar-refractivity contribution in [1.29, 1.82) is 0 Å². The van der Waals surface area contributed by atoms with Crippen molar-refractivity contribution in [1.82, 2.24) is 9.36 Å². The minimum atomic E-state index is 0.137. The van der Waals surface area contributed by atoms with E-state index in [0.717, 1.165) is 24.8 Å². The van der Waals surface area contributed by atoms with E-state index in [9.17, 15) is 0 Å². The van der Waals surface area contributed by atoms with Crippen molar-refractivity contribution in [2.45, 2.75) is 6.10 Å². The van der Waals surface area contributed by atoms with Gasteiger partial charge in [0, 0.05) is 31.2 Å². The lowest BCUT2D eigenvalue weighted by Crippen LogP contribution is -2.45. The first-order valence-corrected chi connectivity index (χ1v) is 5.01. The molecule has 1 aromatic heterocycles. The van der Waals surface area contributed by atoms with Gasteiger partial charge in [0.1, 0.15) is 6.33 Å². The third kappa shape index (κ3) is 1.96. The largest absolute Gasteiger partial charge is 0.373 e. The minimum absolute atomic E-state index is 0.137. The molecular weight excluding hydrogens is 188 g/mol. The number of anilines is 1. The Morgan fingerprint density at radius 3 is 3.38 bits per heavy atom. The first-order chi connectivity index (χ1) is 6.40. The Bertz CT molecular complexity index is 253. The van der Waals surface area contributed by atoms with Crippen LogP contribution in [0.2, 0.25) is 0 Å². The van der Waals surface area contributed by atoms with E-state index in [1.165, 1.54) is 11.5 Å². The maximum absolute atomic E-state index is 5.53. The Balaban J connectivity index is 2.00. The average Bonchev–Trinajstić information content (AvgIpc) is 2.71. The van der Waals surface area contributed by atoms with Crippen LogP contribution in [0.1, 0.15) is 0 Å². The van der Waals surface area contributed by atoms with Gasteiger partial charge in [0.25, 0.3) is 0 Å². The lowest BCUT2D eigenvalue weighted by atomic mass is 10.3. The van der Waals surface area contributed by atoms with Gasteiger partial charge in [0.15, 0.2) is 0 Å². The zero-order valence-electron chi connectivity index (χ0n) is 7.22. The topological polar surface area (TPSA) is 64.3 Å². The molecule has 2 rings (SSSR count). The molecule has 1 atom stereocenters.